The maximum atomic E-state index is 15.6. The second-order valence-electron chi connectivity index (χ2n) is 10.0. The first kappa shape index (κ1) is 31.4. The Morgan fingerprint density at radius 2 is 1.84 bits per heavy atom. The summed E-state index contributed by atoms with van der Waals surface area (Å²) in [4.78, 5) is 21.7. The SMILES string of the molecule is CN1CC=NC1c1cc([S+]([O-])c2ccc(CCC(=O)O)cc2)ccc1Oc1c(F)cnc(Oc2cc(C(=N)N)ccc2O)c1F. The van der Waals surface area contributed by atoms with E-state index in [0.29, 0.717) is 34.5 Å². The van der Waals surface area contributed by atoms with Crippen LogP contribution in [0.3, 0.4) is 0 Å². The van der Waals surface area contributed by atoms with Crippen LogP contribution in [0, 0.1) is 17.0 Å². The summed E-state index contributed by atoms with van der Waals surface area (Å²) in [5.41, 5.74) is 6.86. The summed E-state index contributed by atoms with van der Waals surface area (Å²) in [6.07, 6.45) is 2.08. The van der Waals surface area contributed by atoms with E-state index < -0.39 is 52.3 Å². The van der Waals surface area contributed by atoms with Crippen LogP contribution in [0.2, 0.25) is 0 Å². The summed E-state index contributed by atoms with van der Waals surface area (Å²) < 4.78 is 55.3. The van der Waals surface area contributed by atoms with Gasteiger partial charge < -0.3 is 30.0 Å². The standard InChI is InChI=1S/C31H27F2N5O6S/c1-38-13-12-36-30(38)21-15-20(45(42)19-6-2-17(3-7-19)4-11-26(40)41)8-10-24(21)43-28-22(32)16-37-31(27(28)33)44-25-14-18(29(34)35)5-9-23(25)39/h2-3,5-10,12,14-16,30,39H,4,11,13H2,1H3,(H3,34,35)(H,40,41). The molecule has 0 spiro atoms. The maximum absolute atomic E-state index is 15.6. The predicted octanol–water partition coefficient (Wildman–Crippen LogP) is 5.13. The molecule has 0 bridgehead atoms. The number of nitrogens with zero attached hydrogens (tertiary/aromatic N) is 3. The zero-order chi connectivity index (χ0) is 32.2. The van der Waals surface area contributed by atoms with Crippen molar-refractivity contribution in [2.24, 2.45) is 10.7 Å². The van der Waals surface area contributed by atoms with E-state index in [2.05, 4.69) is 9.98 Å². The summed E-state index contributed by atoms with van der Waals surface area (Å²) in [6.45, 7) is 0.494. The van der Waals surface area contributed by atoms with Crippen LogP contribution in [0.5, 0.6) is 28.9 Å². The molecule has 3 aromatic carbocycles. The number of aliphatic carboxylic acids is 1. The van der Waals surface area contributed by atoms with E-state index >= 15 is 4.39 Å². The van der Waals surface area contributed by atoms with Crippen LogP contribution in [0.25, 0.3) is 0 Å². The molecule has 1 aliphatic heterocycles. The van der Waals surface area contributed by atoms with Gasteiger partial charge in [0.25, 0.3) is 5.88 Å². The molecule has 2 unspecified atom stereocenters. The van der Waals surface area contributed by atoms with Crippen LogP contribution in [-0.2, 0) is 22.4 Å². The van der Waals surface area contributed by atoms with E-state index in [1.807, 2.05) is 4.90 Å². The van der Waals surface area contributed by atoms with E-state index in [9.17, 15) is 18.8 Å². The third kappa shape index (κ3) is 7.03. The average molecular weight is 636 g/mol. The molecule has 14 heteroatoms. The number of aromatic hydroxyl groups is 1. The largest absolute Gasteiger partial charge is 0.606 e. The number of nitrogens with one attached hydrogen (secondary N) is 1. The summed E-state index contributed by atoms with van der Waals surface area (Å²) in [5.74, 6) is -5.83. The molecule has 0 radical (unpaired) electrons. The van der Waals surface area contributed by atoms with Gasteiger partial charge in [0.15, 0.2) is 27.1 Å². The first-order chi connectivity index (χ1) is 21.5. The summed E-state index contributed by atoms with van der Waals surface area (Å²) in [6, 6.07) is 15.1. The van der Waals surface area contributed by atoms with Gasteiger partial charge >= 0.3 is 5.97 Å². The fourth-order valence-corrected chi connectivity index (χ4v) is 5.57. The van der Waals surface area contributed by atoms with Crippen LogP contribution in [-0.4, -0.2) is 56.3 Å². The van der Waals surface area contributed by atoms with Gasteiger partial charge in [-0.2, -0.15) is 4.39 Å². The number of phenols is 1. The minimum atomic E-state index is -1.66. The number of nitrogen functional groups attached to an aromatic ring is 1. The number of phenolic OH excluding ortho intramolecular Hbond substituents is 1. The third-order valence-corrected chi connectivity index (χ3v) is 8.24. The Labute approximate surface area is 259 Å². The van der Waals surface area contributed by atoms with Gasteiger partial charge in [0.05, 0.1) is 6.20 Å². The fraction of sp³-hybridized carbons (Fsp3) is 0.161. The van der Waals surface area contributed by atoms with Gasteiger partial charge in [0.1, 0.15) is 17.8 Å². The molecule has 1 aromatic heterocycles. The number of carboxylic acid groups (broad SMARTS) is 1. The van der Waals surface area contributed by atoms with Crippen LogP contribution in [0.15, 0.2) is 81.6 Å². The molecular formula is C31H27F2N5O6S. The molecule has 11 nitrogen and oxygen atoms in total. The molecule has 0 amide bonds. The molecule has 0 aliphatic carbocycles. The molecule has 0 saturated carbocycles. The first-order valence-electron chi connectivity index (χ1n) is 13.5. The zero-order valence-electron chi connectivity index (χ0n) is 23.7. The van der Waals surface area contributed by atoms with Crippen LogP contribution in [0.1, 0.15) is 29.3 Å². The molecule has 5 N–H and O–H groups in total. The lowest BCUT2D eigenvalue weighted by molar-refractivity contribution is -0.136. The monoisotopic (exact) mass is 635 g/mol. The van der Waals surface area contributed by atoms with E-state index in [1.54, 1.807) is 43.6 Å². The second-order valence-corrected chi connectivity index (χ2v) is 11.5. The van der Waals surface area contributed by atoms with Crippen molar-refractivity contribution < 1.29 is 37.8 Å². The summed E-state index contributed by atoms with van der Waals surface area (Å²) in [5, 5.41) is 26.7. The normalized spacial score (nSPS) is 15.2. The molecule has 0 fully saturated rings. The first-order valence-corrected chi connectivity index (χ1v) is 14.6. The molecule has 232 valence electrons. The maximum Gasteiger partial charge on any atom is 0.303 e. The highest BCUT2D eigenvalue weighted by atomic mass is 32.2. The second kappa shape index (κ2) is 13.3. The number of carbonyl (C=O) groups is 1. The number of aliphatic imine (C=N–C) groups is 1. The molecule has 45 heavy (non-hydrogen) atoms. The number of rotatable bonds is 11. The van der Waals surface area contributed by atoms with E-state index in [0.717, 1.165) is 5.56 Å². The van der Waals surface area contributed by atoms with Crippen molar-refractivity contribution in [1.29, 1.82) is 5.41 Å². The predicted molar refractivity (Wildman–Crippen MR) is 161 cm³/mol. The van der Waals surface area contributed by atoms with Crippen molar-refractivity contribution >= 4 is 29.2 Å². The molecule has 5 rings (SSSR count). The number of aromatic nitrogens is 1. The van der Waals surface area contributed by atoms with Crippen molar-refractivity contribution in [2.75, 3.05) is 13.6 Å². The van der Waals surface area contributed by atoms with Crippen molar-refractivity contribution in [3.8, 4) is 28.9 Å². The van der Waals surface area contributed by atoms with Gasteiger partial charge in [-0.05, 0) is 61.5 Å². The summed E-state index contributed by atoms with van der Waals surface area (Å²) >= 11 is -1.66. The zero-order valence-corrected chi connectivity index (χ0v) is 24.6. The topological polar surface area (TPSA) is 177 Å². The van der Waals surface area contributed by atoms with E-state index in [-0.39, 0.29) is 29.3 Å². The fourth-order valence-electron chi connectivity index (χ4n) is 4.49. The Bertz CT molecular complexity index is 1790. The number of hydrogen-bond donors (Lipinski definition) is 4. The number of aryl methyl sites for hydroxylation is 1. The van der Waals surface area contributed by atoms with Gasteiger partial charge in [-0.3, -0.25) is 20.1 Å². The Hall–Kier alpha value is -5.05. The molecule has 0 saturated heterocycles. The molecule has 1 aliphatic rings. The molecule has 4 aromatic rings. The lowest BCUT2D eigenvalue weighted by atomic mass is 10.1. The number of nitrogens with two attached hydrogens (primary N) is 1. The van der Waals surface area contributed by atoms with Crippen LogP contribution >= 0.6 is 0 Å². The van der Waals surface area contributed by atoms with Gasteiger partial charge in [-0.15, -0.1) is 0 Å². The molecular weight excluding hydrogens is 608 g/mol. The molecule has 2 atom stereocenters. The summed E-state index contributed by atoms with van der Waals surface area (Å²) in [7, 11) is 1.79. The number of hydrogen-bond acceptors (Lipinski definition) is 9. The van der Waals surface area contributed by atoms with Crippen molar-refractivity contribution in [1.82, 2.24) is 9.88 Å². The van der Waals surface area contributed by atoms with Crippen molar-refractivity contribution in [3.05, 3.63) is 95.2 Å². The number of carboxylic acids is 1. The third-order valence-electron chi connectivity index (χ3n) is 6.86. The number of benzene rings is 3. The number of amidine groups is 1. The van der Waals surface area contributed by atoms with Crippen molar-refractivity contribution in [2.45, 2.75) is 28.8 Å². The van der Waals surface area contributed by atoms with Crippen LogP contribution in [0.4, 0.5) is 8.78 Å². The Kier molecular flexibility index (Phi) is 9.27. The van der Waals surface area contributed by atoms with Gasteiger partial charge in [0, 0.05) is 47.5 Å². The van der Waals surface area contributed by atoms with Gasteiger partial charge in [-0.25, -0.2) is 9.37 Å². The Morgan fingerprint density at radius 1 is 1.11 bits per heavy atom. The van der Waals surface area contributed by atoms with Gasteiger partial charge in [-0.1, -0.05) is 12.1 Å². The van der Waals surface area contributed by atoms with Crippen LogP contribution < -0.4 is 15.2 Å². The highest BCUT2D eigenvalue weighted by molar-refractivity contribution is 7.91. The minimum absolute atomic E-state index is 0.0233. The van der Waals surface area contributed by atoms with E-state index in [4.69, 9.17) is 25.7 Å². The van der Waals surface area contributed by atoms with Gasteiger partial charge in [0.2, 0.25) is 11.6 Å². The number of halogens is 2. The number of ether oxygens (including phenoxy) is 2. The lowest BCUT2D eigenvalue weighted by Gasteiger charge is -2.22. The minimum Gasteiger partial charge on any atom is -0.606 e. The smallest absolute Gasteiger partial charge is 0.303 e. The number of pyridine rings is 1. The lowest BCUT2D eigenvalue weighted by Crippen LogP contribution is -2.20. The average Bonchev–Trinajstić information content (AvgIpc) is 3.45. The van der Waals surface area contributed by atoms with E-state index in [1.165, 1.54) is 30.3 Å². The Balaban J connectivity index is 1.46. The Morgan fingerprint density at radius 3 is 2.51 bits per heavy atom. The highest BCUT2D eigenvalue weighted by Crippen LogP contribution is 2.41. The quantitative estimate of drug-likeness (QED) is 0.0988. The highest BCUT2D eigenvalue weighted by Gasteiger charge is 2.28. The van der Waals surface area contributed by atoms with Crippen molar-refractivity contribution in [3.63, 3.8) is 0 Å². The molecule has 2 heterocycles.